The molecule has 0 saturated carbocycles. The Kier molecular flexibility index (Phi) is 6.63. The zero-order valence-corrected chi connectivity index (χ0v) is 19.4. The van der Waals surface area contributed by atoms with Crippen LogP contribution in [0.25, 0.3) is 0 Å². The van der Waals surface area contributed by atoms with E-state index in [0.29, 0.717) is 35.0 Å². The molecule has 2 N–H and O–H groups in total. The van der Waals surface area contributed by atoms with Crippen LogP contribution in [-0.2, 0) is 9.59 Å². The summed E-state index contributed by atoms with van der Waals surface area (Å²) in [6, 6.07) is 18.5. The third-order valence-corrected chi connectivity index (χ3v) is 5.84. The molecular weight excluding hydrogens is 430 g/mol. The Bertz CT molecular complexity index is 1240. The Hall–Kier alpha value is -4.13. The minimum atomic E-state index is -1.000. The van der Waals surface area contributed by atoms with Gasteiger partial charge in [0.15, 0.2) is 0 Å². The molecule has 34 heavy (non-hydrogen) atoms. The largest absolute Gasteiger partial charge is 0.494 e. The summed E-state index contributed by atoms with van der Waals surface area (Å²) >= 11 is 0. The standard InChI is InChI=1S/C27H27N3O4/c1-4-34-21-13-10-19(11-14-21)27(33)30-23-8-6-5-7-22(23)29-26(32)24(30)16-25(31)28-20-12-9-17(2)18(3)15-20/h5-15,24H,4,16H2,1-3H3,(H,28,31)(H,29,32). The quantitative estimate of drug-likeness (QED) is 0.562. The predicted molar refractivity (Wildman–Crippen MR) is 132 cm³/mol. The second-order valence-electron chi connectivity index (χ2n) is 8.21. The Morgan fingerprint density at radius 1 is 1.00 bits per heavy atom. The number of ether oxygens (including phenoxy) is 1. The van der Waals surface area contributed by atoms with E-state index in [1.165, 1.54) is 4.90 Å². The Balaban J connectivity index is 1.62. The van der Waals surface area contributed by atoms with Crippen molar-refractivity contribution in [2.75, 3.05) is 22.1 Å². The number of fused-ring (bicyclic) bond motifs is 1. The van der Waals surface area contributed by atoms with Crippen LogP contribution in [0.2, 0.25) is 0 Å². The summed E-state index contributed by atoms with van der Waals surface area (Å²) in [6.07, 6.45) is -0.185. The molecule has 3 amide bonds. The lowest BCUT2D eigenvalue weighted by molar-refractivity contribution is -0.122. The van der Waals surface area contributed by atoms with Gasteiger partial charge in [0.05, 0.1) is 24.4 Å². The fourth-order valence-electron chi connectivity index (χ4n) is 3.93. The summed E-state index contributed by atoms with van der Waals surface area (Å²) in [6.45, 7) is 6.36. The molecule has 0 bridgehead atoms. The molecule has 3 aromatic carbocycles. The van der Waals surface area contributed by atoms with Crippen LogP contribution >= 0.6 is 0 Å². The second-order valence-corrected chi connectivity index (χ2v) is 8.21. The third kappa shape index (κ3) is 4.78. The van der Waals surface area contributed by atoms with E-state index in [-0.39, 0.29) is 18.2 Å². The lowest BCUT2D eigenvalue weighted by Crippen LogP contribution is -2.52. The molecule has 0 fully saturated rings. The fourth-order valence-corrected chi connectivity index (χ4v) is 3.93. The molecule has 4 rings (SSSR count). The number of para-hydroxylation sites is 2. The maximum absolute atomic E-state index is 13.6. The maximum Gasteiger partial charge on any atom is 0.259 e. The fraction of sp³-hybridized carbons (Fsp3) is 0.222. The number of nitrogens with zero attached hydrogens (tertiary/aromatic N) is 1. The van der Waals surface area contributed by atoms with Gasteiger partial charge in [0.25, 0.3) is 5.91 Å². The molecule has 1 aliphatic heterocycles. The van der Waals surface area contributed by atoms with Crippen LogP contribution in [0.4, 0.5) is 17.1 Å². The van der Waals surface area contributed by atoms with Crippen molar-refractivity contribution < 1.29 is 19.1 Å². The molecule has 3 aromatic rings. The van der Waals surface area contributed by atoms with E-state index < -0.39 is 11.9 Å². The molecule has 0 aliphatic carbocycles. The molecule has 1 atom stereocenters. The number of carbonyl (C=O) groups is 3. The number of rotatable bonds is 6. The second kappa shape index (κ2) is 9.79. The highest BCUT2D eigenvalue weighted by molar-refractivity contribution is 6.17. The lowest BCUT2D eigenvalue weighted by atomic mass is 10.0. The summed E-state index contributed by atoms with van der Waals surface area (Å²) in [7, 11) is 0. The highest BCUT2D eigenvalue weighted by atomic mass is 16.5. The SMILES string of the molecule is CCOc1ccc(C(=O)N2c3ccccc3NC(=O)C2CC(=O)Nc2ccc(C)c(C)c2)cc1. The van der Waals surface area contributed by atoms with Crippen molar-refractivity contribution in [3.63, 3.8) is 0 Å². The van der Waals surface area contributed by atoms with Crippen molar-refractivity contribution >= 4 is 34.8 Å². The van der Waals surface area contributed by atoms with Gasteiger partial charge in [-0.1, -0.05) is 18.2 Å². The normalized spacial score (nSPS) is 14.7. The van der Waals surface area contributed by atoms with Gasteiger partial charge >= 0.3 is 0 Å². The molecule has 0 saturated heterocycles. The van der Waals surface area contributed by atoms with E-state index in [4.69, 9.17) is 4.74 Å². The van der Waals surface area contributed by atoms with Gasteiger partial charge < -0.3 is 15.4 Å². The van der Waals surface area contributed by atoms with Crippen molar-refractivity contribution in [3.05, 3.63) is 83.4 Å². The van der Waals surface area contributed by atoms with Crippen molar-refractivity contribution in [2.45, 2.75) is 33.2 Å². The number of nitrogens with one attached hydrogen (secondary N) is 2. The highest BCUT2D eigenvalue weighted by Crippen LogP contribution is 2.34. The van der Waals surface area contributed by atoms with Crippen LogP contribution in [0.15, 0.2) is 66.7 Å². The molecule has 0 aromatic heterocycles. The average Bonchev–Trinajstić information content (AvgIpc) is 2.82. The summed E-state index contributed by atoms with van der Waals surface area (Å²) in [5.74, 6) is -0.477. The lowest BCUT2D eigenvalue weighted by Gasteiger charge is -2.36. The molecule has 1 aliphatic rings. The molecule has 0 spiro atoms. The van der Waals surface area contributed by atoms with E-state index in [2.05, 4.69) is 10.6 Å². The van der Waals surface area contributed by atoms with E-state index in [9.17, 15) is 14.4 Å². The van der Waals surface area contributed by atoms with Gasteiger partial charge in [-0.15, -0.1) is 0 Å². The monoisotopic (exact) mass is 457 g/mol. The zero-order chi connectivity index (χ0) is 24.2. The number of aryl methyl sites for hydroxylation is 2. The maximum atomic E-state index is 13.6. The smallest absolute Gasteiger partial charge is 0.259 e. The minimum Gasteiger partial charge on any atom is -0.494 e. The number of hydrogen-bond acceptors (Lipinski definition) is 4. The van der Waals surface area contributed by atoms with Crippen molar-refractivity contribution in [3.8, 4) is 5.75 Å². The first-order valence-electron chi connectivity index (χ1n) is 11.2. The van der Waals surface area contributed by atoms with E-state index in [1.54, 1.807) is 48.5 Å². The third-order valence-electron chi connectivity index (χ3n) is 5.84. The highest BCUT2D eigenvalue weighted by Gasteiger charge is 2.38. The topological polar surface area (TPSA) is 87.7 Å². The predicted octanol–water partition coefficient (Wildman–Crippen LogP) is 4.70. The summed E-state index contributed by atoms with van der Waals surface area (Å²) in [5.41, 5.74) is 4.28. The molecule has 0 radical (unpaired) electrons. The van der Waals surface area contributed by atoms with Gasteiger partial charge in [0.2, 0.25) is 11.8 Å². The molecular formula is C27H27N3O4. The molecule has 174 valence electrons. The van der Waals surface area contributed by atoms with Crippen LogP contribution in [0, 0.1) is 13.8 Å². The Labute approximate surface area is 198 Å². The molecule has 1 heterocycles. The number of amides is 3. The number of anilines is 3. The summed E-state index contributed by atoms with van der Waals surface area (Å²) in [5, 5.41) is 5.67. The van der Waals surface area contributed by atoms with Gasteiger partial charge in [-0.3, -0.25) is 19.3 Å². The van der Waals surface area contributed by atoms with Crippen LogP contribution in [0.1, 0.15) is 34.8 Å². The first-order valence-corrected chi connectivity index (χ1v) is 11.2. The van der Waals surface area contributed by atoms with Crippen LogP contribution < -0.4 is 20.3 Å². The van der Waals surface area contributed by atoms with Crippen molar-refractivity contribution in [2.24, 2.45) is 0 Å². The first-order chi connectivity index (χ1) is 16.4. The summed E-state index contributed by atoms with van der Waals surface area (Å²) in [4.78, 5) is 40.9. The number of carbonyl (C=O) groups excluding carboxylic acids is 3. The van der Waals surface area contributed by atoms with Gasteiger partial charge in [-0.2, -0.15) is 0 Å². The molecule has 7 nitrogen and oxygen atoms in total. The van der Waals surface area contributed by atoms with Gasteiger partial charge in [0.1, 0.15) is 11.8 Å². The van der Waals surface area contributed by atoms with Crippen molar-refractivity contribution in [1.29, 1.82) is 0 Å². The van der Waals surface area contributed by atoms with Gasteiger partial charge in [-0.05, 0) is 80.4 Å². The number of hydrogen-bond donors (Lipinski definition) is 2. The van der Waals surface area contributed by atoms with Gasteiger partial charge in [0, 0.05) is 11.3 Å². The zero-order valence-electron chi connectivity index (χ0n) is 19.4. The minimum absolute atomic E-state index is 0.185. The molecule has 7 heteroatoms. The number of benzene rings is 3. The Morgan fingerprint density at radius 2 is 1.74 bits per heavy atom. The summed E-state index contributed by atoms with van der Waals surface area (Å²) < 4.78 is 5.46. The van der Waals surface area contributed by atoms with Crippen LogP contribution in [-0.4, -0.2) is 30.4 Å². The van der Waals surface area contributed by atoms with E-state index in [0.717, 1.165) is 11.1 Å². The van der Waals surface area contributed by atoms with E-state index >= 15 is 0 Å². The molecule has 1 unspecified atom stereocenters. The van der Waals surface area contributed by atoms with Crippen molar-refractivity contribution in [1.82, 2.24) is 0 Å². The van der Waals surface area contributed by atoms with Crippen LogP contribution in [0.3, 0.4) is 0 Å². The Morgan fingerprint density at radius 3 is 2.44 bits per heavy atom. The van der Waals surface area contributed by atoms with E-state index in [1.807, 2.05) is 39.0 Å². The average molecular weight is 458 g/mol. The first kappa shape index (κ1) is 23.0. The van der Waals surface area contributed by atoms with Crippen LogP contribution in [0.5, 0.6) is 5.75 Å². The van der Waals surface area contributed by atoms with Gasteiger partial charge in [-0.25, -0.2) is 0 Å².